The van der Waals surface area contributed by atoms with Crippen molar-refractivity contribution in [1.29, 1.82) is 0 Å². The number of nitrogens with one attached hydrogen (secondary N) is 1. The molecule has 2 fully saturated rings. The third kappa shape index (κ3) is 3.98. The lowest BCUT2D eigenvalue weighted by Crippen LogP contribution is -2.53. The van der Waals surface area contributed by atoms with E-state index in [9.17, 15) is 25.2 Å². The van der Waals surface area contributed by atoms with Gasteiger partial charge in [0.15, 0.2) is 6.29 Å². The topological polar surface area (TPSA) is 141 Å². The van der Waals surface area contributed by atoms with Gasteiger partial charge in [-0.05, 0) is 0 Å². The van der Waals surface area contributed by atoms with Crippen LogP contribution in [-0.4, -0.2) is 94.6 Å². The van der Waals surface area contributed by atoms with Gasteiger partial charge < -0.3 is 35.2 Å². The van der Waals surface area contributed by atoms with Crippen molar-refractivity contribution in [2.24, 2.45) is 0 Å². The van der Waals surface area contributed by atoms with Crippen LogP contribution in [0.5, 0.6) is 0 Å². The summed E-state index contributed by atoms with van der Waals surface area (Å²) >= 11 is 0. The van der Waals surface area contributed by atoms with E-state index in [-0.39, 0.29) is 18.9 Å². The molecule has 7 unspecified atom stereocenters. The van der Waals surface area contributed by atoms with E-state index in [0.29, 0.717) is 0 Å². The number of nitrogens with zero attached hydrogens (tertiary/aromatic N) is 1. The van der Waals surface area contributed by atoms with Crippen LogP contribution in [0.2, 0.25) is 0 Å². The Morgan fingerprint density at radius 1 is 1.35 bits per heavy atom. The lowest BCUT2D eigenvalue weighted by Gasteiger charge is -2.34. The maximum absolute atomic E-state index is 11.4. The van der Waals surface area contributed by atoms with Gasteiger partial charge in [-0.2, -0.15) is 5.06 Å². The highest BCUT2D eigenvalue weighted by Gasteiger charge is 2.51. The molecule has 0 aromatic rings. The van der Waals surface area contributed by atoms with Crippen LogP contribution in [0, 0.1) is 0 Å². The number of hydrogen-bond acceptors (Lipinski definition) is 9. The van der Waals surface area contributed by atoms with E-state index in [2.05, 4.69) is 5.32 Å². The van der Waals surface area contributed by atoms with Gasteiger partial charge in [-0.15, -0.1) is 0 Å². The molecule has 0 bridgehead atoms. The Hall–Kier alpha value is -0.850. The molecule has 0 radical (unpaired) electrons. The Morgan fingerprint density at radius 2 is 2.04 bits per heavy atom. The number of rotatable bonds is 5. The maximum atomic E-state index is 11.4. The molecule has 2 heterocycles. The van der Waals surface area contributed by atoms with E-state index in [1.165, 1.54) is 19.1 Å². The number of ether oxygens (including phenoxy) is 2. The van der Waals surface area contributed by atoms with Gasteiger partial charge in [0.05, 0.1) is 32.5 Å². The van der Waals surface area contributed by atoms with Gasteiger partial charge >= 0.3 is 0 Å². The van der Waals surface area contributed by atoms with Crippen molar-refractivity contribution < 1.29 is 39.5 Å². The van der Waals surface area contributed by atoms with Crippen LogP contribution in [0.4, 0.5) is 0 Å². The lowest BCUT2D eigenvalue weighted by atomic mass is 10.1. The van der Waals surface area contributed by atoms with Gasteiger partial charge in [0, 0.05) is 13.3 Å². The van der Waals surface area contributed by atoms with Crippen molar-refractivity contribution in [3.8, 4) is 0 Å². The summed E-state index contributed by atoms with van der Waals surface area (Å²) in [6.45, 7) is 0.801. The largest absolute Gasteiger partial charge is 0.395 e. The molecule has 10 heteroatoms. The van der Waals surface area contributed by atoms with Crippen LogP contribution in [0.1, 0.15) is 13.3 Å². The molecule has 23 heavy (non-hydrogen) atoms. The van der Waals surface area contributed by atoms with Crippen molar-refractivity contribution in [1.82, 2.24) is 10.4 Å². The van der Waals surface area contributed by atoms with Gasteiger partial charge in [-0.3, -0.25) is 9.63 Å². The Balaban J connectivity index is 2.11. The molecule has 5 N–H and O–H groups in total. The molecule has 2 aliphatic heterocycles. The fourth-order valence-electron chi connectivity index (χ4n) is 2.86. The summed E-state index contributed by atoms with van der Waals surface area (Å²) in [4.78, 5) is 16.5. The van der Waals surface area contributed by atoms with Crippen LogP contribution in [0.25, 0.3) is 0 Å². The number of amides is 1. The molecule has 2 saturated heterocycles. The molecular formula is C13H24N2O8. The first-order valence-corrected chi connectivity index (χ1v) is 7.40. The minimum atomic E-state index is -1.15. The molecule has 0 aromatic carbocycles. The van der Waals surface area contributed by atoms with Gasteiger partial charge in [-0.25, -0.2) is 0 Å². The number of carbonyl (C=O) groups is 1. The fraction of sp³-hybridized carbons (Fsp3) is 0.923. The smallest absolute Gasteiger partial charge is 0.218 e. The van der Waals surface area contributed by atoms with E-state index in [1.54, 1.807) is 0 Å². The highest BCUT2D eigenvalue weighted by molar-refractivity contribution is 5.73. The molecule has 0 saturated carbocycles. The van der Waals surface area contributed by atoms with Crippen molar-refractivity contribution in [3.05, 3.63) is 0 Å². The molecule has 10 nitrogen and oxygen atoms in total. The minimum Gasteiger partial charge on any atom is -0.395 e. The first kappa shape index (κ1) is 18.5. The second-order valence-corrected chi connectivity index (χ2v) is 5.66. The van der Waals surface area contributed by atoms with Crippen LogP contribution in [0.15, 0.2) is 0 Å². The summed E-state index contributed by atoms with van der Waals surface area (Å²) in [7, 11) is 1.35. The van der Waals surface area contributed by atoms with Gasteiger partial charge in [0.1, 0.15) is 24.5 Å². The number of aliphatic hydroxyl groups excluding tert-OH is 4. The van der Waals surface area contributed by atoms with E-state index in [1.807, 2.05) is 0 Å². The molecule has 2 rings (SSSR count). The Morgan fingerprint density at radius 3 is 2.57 bits per heavy atom. The predicted octanol–water partition coefficient (Wildman–Crippen LogP) is -3.10. The predicted molar refractivity (Wildman–Crippen MR) is 74.6 cm³/mol. The summed E-state index contributed by atoms with van der Waals surface area (Å²) in [6, 6.07) is -0.791. The van der Waals surface area contributed by atoms with Crippen molar-refractivity contribution in [2.45, 2.75) is 56.3 Å². The zero-order chi connectivity index (χ0) is 17.1. The normalized spacial score (nSPS) is 41.9. The Labute approximate surface area is 133 Å². The fourth-order valence-corrected chi connectivity index (χ4v) is 2.86. The summed E-state index contributed by atoms with van der Waals surface area (Å²) < 4.78 is 11.0. The number of carbonyl (C=O) groups excluding carboxylic acids is 1. The maximum Gasteiger partial charge on any atom is 0.218 e. The van der Waals surface area contributed by atoms with Crippen LogP contribution in [-0.2, 0) is 19.1 Å². The molecule has 0 spiro atoms. The quantitative estimate of drug-likeness (QED) is 0.353. The highest BCUT2D eigenvalue weighted by atomic mass is 16.7. The average Bonchev–Trinajstić information content (AvgIpc) is 2.74. The monoisotopic (exact) mass is 336 g/mol. The molecule has 1 amide bonds. The molecule has 0 aliphatic carbocycles. The zero-order valence-electron chi connectivity index (χ0n) is 13.0. The molecule has 7 atom stereocenters. The summed E-state index contributed by atoms with van der Waals surface area (Å²) in [5.41, 5.74) is 0. The number of hydroxylamine groups is 2. The third-order valence-electron chi connectivity index (χ3n) is 4.03. The standard InChI is InChI=1S/C13H24N2O8/c1-6(17)14-13-12(11(20)7(4-16)15(13)21-2)23-10-3-8(18)9(19)5-22-10/h7-13,16,18-20H,3-5H2,1-2H3,(H,14,17). The third-order valence-corrected chi connectivity index (χ3v) is 4.03. The molecular weight excluding hydrogens is 312 g/mol. The Kier molecular flexibility index (Phi) is 6.28. The van der Waals surface area contributed by atoms with Gasteiger partial charge in [0.2, 0.25) is 5.91 Å². The number of aliphatic hydroxyl groups is 4. The molecule has 0 aromatic heterocycles. The van der Waals surface area contributed by atoms with Crippen molar-refractivity contribution in [2.75, 3.05) is 20.3 Å². The van der Waals surface area contributed by atoms with Gasteiger partial charge in [0.25, 0.3) is 0 Å². The van der Waals surface area contributed by atoms with E-state index in [4.69, 9.17) is 14.3 Å². The zero-order valence-corrected chi connectivity index (χ0v) is 13.0. The SMILES string of the molecule is CON1C(CO)C(O)C(OC2CC(O)C(O)CO2)C1NC(C)=O. The average molecular weight is 336 g/mol. The first-order valence-electron chi connectivity index (χ1n) is 7.40. The minimum absolute atomic E-state index is 0.0218. The van der Waals surface area contributed by atoms with Crippen LogP contribution < -0.4 is 5.32 Å². The summed E-state index contributed by atoms with van der Waals surface area (Å²) in [6.07, 6.45) is -5.76. The summed E-state index contributed by atoms with van der Waals surface area (Å²) in [5.74, 6) is -0.364. The lowest BCUT2D eigenvalue weighted by molar-refractivity contribution is -0.251. The van der Waals surface area contributed by atoms with E-state index < -0.39 is 49.5 Å². The first-order chi connectivity index (χ1) is 10.9. The van der Waals surface area contributed by atoms with E-state index >= 15 is 0 Å². The van der Waals surface area contributed by atoms with Crippen LogP contribution >= 0.6 is 0 Å². The second-order valence-electron chi connectivity index (χ2n) is 5.66. The second kappa shape index (κ2) is 7.81. The molecule has 2 aliphatic rings. The van der Waals surface area contributed by atoms with Crippen molar-refractivity contribution >= 4 is 5.91 Å². The van der Waals surface area contributed by atoms with Crippen LogP contribution in [0.3, 0.4) is 0 Å². The molecule has 134 valence electrons. The van der Waals surface area contributed by atoms with E-state index in [0.717, 1.165) is 0 Å². The number of hydrogen-bond donors (Lipinski definition) is 5. The summed E-state index contributed by atoms with van der Waals surface area (Å²) in [5, 5.41) is 42.8. The highest BCUT2D eigenvalue weighted by Crippen LogP contribution is 2.29. The Bertz CT molecular complexity index is 411. The van der Waals surface area contributed by atoms with Crippen molar-refractivity contribution in [3.63, 3.8) is 0 Å². The van der Waals surface area contributed by atoms with Gasteiger partial charge in [-0.1, -0.05) is 0 Å².